The minimum absolute atomic E-state index is 0. The molecule has 3 nitrogen and oxygen atoms in total. The van der Waals surface area contributed by atoms with Crippen LogP contribution in [0, 0.1) is 25.0 Å². The third-order valence-corrected chi connectivity index (χ3v) is 13.5. The van der Waals surface area contributed by atoms with Crippen LogP contribution in [0.3, 0.4) is 0 Å². The van der Waals surface area contributed by atoms with Crippen molar-refractivity contribution in [3.8, 4) is 33.6 Å². The minimum Gasteiger partial charge on any atom is 0 e. The number of hydrogen-bond donors (Lipinski definition) is 0. The van der Waals surface area contributed by atoms with Gasteiger partial charge in [0, 0.05) is 31.7 Å². The first kappa shape index (κ1) is 35.5. The van der Waals surface area contributed by atoms with Gasteiger partial charge < -0.3 is 9.40 Å². The van der Waals surface area contributed by atoms with Gasteiger partial charge in [0.1, 0.15) is 5.58 Å². The number of benzene rings is 4. The maximum absolute atomic E-state index is 6.38. The van der Waals surface area contributed by atoms with Gasteiger partial charge in [0.05, 0.1) is 5.58 Å². The Morgan fingerprint density at radius 2 is 1.48 bits per heavy atom. The normalized spacial score (nSPS) is 12.0. The second-order valence-corrected chi connectivity index (χ2v) is 24.3. The molecule has 7 rings (SSSR count). The quantitative estimate of drug-likeness (QED) is 0.123. The number of furan rings is 1. The summed E-state index contributed by atoms with van der Waals surface area (Å²) in [6.07, 6.45) is 3.97. The number of nitrogens with zero attached hydrogens (tertiary/aromatic N) is 2. The van der Waals surface area contributed by atoms with Crippen LogP contribution in [0.2, 0.25) is 17.3 Å². The average molecular weight is 868 g/mol. The number of aromatic nitrogens is 2. The SMILES string of the molecule is CC(C)C(C)c1ccnc(-c2[c-]ccc3c2oc2cc(-c4ccccc4)ccc23)c1.Cc1cc(-c2[c-]cccc2)nc[c]1[Ge]([CH3])([CH3])[CH3].[Ir]. The third-order valence-electron chi connectivity index (χ3n) is 9.01. The Kier molecular flexibility index (Phi) is 11.2. The van der Waals surface area contributed by atoms with Crippen LogP contribution in [-0.2, 0) is 20.1 Å². The summed E-state index contributed by atoms with van der Waals surface area (Å²) in [6, 6.07) is 41.9. The van der Waals surface area contributed by atoms with Gasteiger partial charge in [-0.25, -0.2) is 0 Å². The molecule has 0 spiro atoms. The third kappa shape index (κ3) is 7.73. The maximum Gasteiger partial charge on any atom is 0 e. The average Bonchev–Trinajstić information content (AvgIpc) is 3.46. The Bertz CT molecular complexity index is 2130. The van der Waals surface area contributed by atoms with Gasteiger partial charge in [0.25, 0.3) is 0 Å². The van der Waals surface area contributed by atoms with Crippen LogP contribution in [-0.4, -0.2) is 23.2 Å². The van der Waals surface area contributed by atoms with Crippen LogP contribution in [0.15, 0.2) is 120 Å². The van der Waals surface area contributed by atoms with E-state index in [-0.39, 0.29) is 20.1 Å². The van der Waals surface area contributed by atoms with Crippen LogP contribution < -0.4 is 4.40 Å². The monoisotopic (exact) mass is 869 g/mol. The molecule has 1 unspecified atom stereocenters. The fraction of sp³-hybridized carbons (Fsp3) is 0.209. The van der Waals surface area contributed by atoms with E-state index in [1.807, 2.05) is 36.5 Å². The van der Waals surface area contributed by atoms with Crippen LogP contribution in [0.25, 0.3) is 55.6 Å². The number of pyridine rings is 2. The molecule has 5 heteroatoms. The fourth-order valence-electron chi connectivity index (χ4n) is 6.03. The van der Waals surface area contributed by atoms with Gasteiger partial charge >= 0.3 is 106 Å². The smallest absolute Gasteiger partial charge is 0 e. The van der Waals surface area contributed by atoms with Crippen LogP contribution in [0.4, 0.5) is 0 Å². The summed E-state index contributed by atoms with van der Waals surface area (Å²) in [5.74, 6) is 8.24. The molecule has 245 valence electrons. The first-order chi connectivity index (χ1) is 22.6. The van der Waals surface area contributed by atoms with Crippen molar-refractivity contribution in [1.29, 1.82) is 0 Å². The van der Waals surface area contributed by atoms with Crippen molar-refractivity contribution in [3.63, 3.8) is 0 Å². The first-order valence-corrected chi connectivity index (χ1v) is 23.8. The van der Waals surface area contributed by atoms with Crippen molar-refractivity contribution in [2.45, 2.75) is 50.9 Å². The molecule has 0 aliphatic carbocycles. The number of hydrogen-bond acceptors (Lipinski definition) is 3. The zero-order valence-corrected chi connectivity index (χ0v) is 33.3. The van der Waals surface area contributed by atoms with Crippen molar-refractivity contribution in [3.05, 3.63) is 139 Å². The summed E-state index contributed by atoms with van der Waals surface area (Å²) in [7, 11) is 0. The van der Waals surface area contributed by atoms with E-state index in [0.717, 1.165) is 50.0 Å². The molecule has 0 saturated heterocycles. The molecule has 3 aromatic heterocycles. The summed E-state index contributed by atoms with van der Waals surface area (Å²) < 4.78 is 7.87. The topological polar surface area (TPSA) is 38.9 Å². The molecule has 0 amide bonds. The molecule has 0 N–H and O–H groups in total. The second-order valence-electron chi connectivity index (χ2n) is 13.7. The van der Waals surface area contributed by atoms with E-state index < -0.39 is 13.3 Å². The number of rotatable bonds is 6. The van der Waals surface area contributed by atoms with E-state index in [1.54, 1.807) is 0 Å². The van der Waals surface area contributed by atoms with Crippen molar-refractivity contribution in [2.24, 2.45) is 5.92 Å². The Balaban J connectivity index is 0.000000214. The van der Waals surface area contributed by atoms with Gasteiger partial charge in [0.15, 0.2) is 0 Å². The zero-order valence-electron chi connectivity index (χ0n) is 28.8. The molecule has 7 aromatic rings. The predicted molar refractivity (Wildman–Crippen MR) is 201 cm³/mol. The van der Waals surface area contributed by atoms with E-state index in [9.17, 15) is 0 Å². The second kappa shape index (κ2) is 15.2. The Morgan fingerprint density at radius 3 is 2.17 bits per heavy atom. The van der Waals surface area contributed by atoms with Crippen molar-refractivity contribution < 1.29 is 24.5 Å². The molecule has 0 aliphatic rings. The summed E-state index contributed by atoms with van der Waals surface area (Å²) in [6.45, 7) is 8.96. The molecular weight excluding hydrogens is 825 g/mol. The number of fused-ring (bicyclic) bond motifs is 3. The zero-order chi connectivity index (χ0) is 33.1. The molecule has 4 aromatic carbocycles. The molecule has 0 fully saturated rings. The van der Waals surface area contributed by atoms with Gasteiger partial charge in [-0.3, -0.25) is 0 Å². The van der Waals surface area contributed by atoms with E-state index >= 15 is 0 Å². The van der Waals surface area contributed by atoms with Crippen LogP contribution in [0.1, 0.15) is 37.8 Å². The standard InChI is InChI=1S/C28H24NO.C15H18GeN.Ir/c1-18(2)19(3)21-14-15-29-26(16-21)25-11-7-10-24-23-13-12-22(17-27(23)30-28(24)25)20-8-5-4-6-9-20;1-12-10-15(13-8-6-5-7-9-13)17-11-14(12)16(2,3)4;/h4-10,12-19H,1-3H3;5-8,10-11H,1-4H3;/q2*-1;. The van der Waals surface area contributed by atoms with Gasteiger partial charge in [-0.05, 0) is 40.8 Å². The van der Waals surface area contributed by atoms with Gasteiger partial charge in [0.2, 0.25) is 0 Å². The van der Waals surface area contributed by atoms with E-state index in [4.69, 9.17) is 4.42 Å². The Labute approximate surface area is 301 Å². The van der Waals surface area contributed by atoms with Gasteiger partial charge in [-0.15, -0.1) is 18.2 Å². The summed E-state index contributed by atoms with van der Waals surface area (Å²) >= 11 is -1.77. The molecule has 1 atom stereocenters. The van der Waals surface area contributed by atoms with Crippen molar-refractivity contribution in [1.82, 2.24) is 9.97 Å². The molecule has 0 bridgehead atoms. The van der Waals surface area contributed by atoms with E-state index in [0.29, 0.717) is 11.8 Å². The molecule has 0 aliphatic heterocycles. The van der Waals surface area contributed by atoms with Crippen molar-refractivity contribution in [2.75, 3.05) is 0 Å². The summed E-state index contributed by atoms with van der Waals surface area (Å²) in [5, 5.41) is 2.22. The van der Waals surface area contributed by atoms with Gasteiger partial charge in [-0.2, -0.15) is 0 Å². The van der Waals surface area contributed by atoms with Crippen molar-refractivity contribution >= 4 is 39.6 Å². The Hall–Kier alpha value is -3.83. The maximum atomic E-state index is 6.38. The molecule has 0 saturated carbocycles. The minimum atomic E-state index is -1.77. The van der Waals surface area contributed by atoms with E-state index in [1.165, 1.54) is 21.1 Å². The molecular formula is C43H42GeIrN2O-2. The van der Waals surface area contributed by atoms with E-state index in [2.05, 4.69) is 146 Å². The fourth-order valence-corrected chi connectivity index (χ4v) is 9.62. The molecule has 1 radical (unpaired) electrons. The number of aryl methyl sites for hydroxylation is 1. The molecule has 48 heavy (non-hydrogen) atoms. The summed E-state index contributed by atoms with van der Waals surface area (Å²) in [5.41, 5.74) is 10.7. The molecule has 3 heterocycles. The van der Waals surface area contributed by atoms with Crippen LogP contribution in [0.5, 0.6) is 0 Å². The predicted octanol–water partition coefficient (Wildman–Crippen LogP) is 11.3. The van der Waals surface area contributed by atoms with Crippen LogP contribution >= 0.6 is 0 Å². The summed E-state index contributed by atoms with van der Waals surface area (Å²) in [4.78, 5) is 9.24. The first-order valence-electron chi connectivity index (χ1n) is 16.4. The Morgan fingerprint density at radius 1 is 0.708 bits per heavy atom. The largest absolute Gasteiger partial charge is 0 e. The van der Waals surface area contributed by atoms with Gasteiger partial charge in [-0.1, -0.05) is 85.8 Å².